The monoisotopic (exact) mass is 323 g/mol. The van der Waals surface area contributed by atoms with Gasteiger partial charge in [0, 0.05) is 5.56 Å². The summed E-state index contributed by atoms with van der Waals surface area (Å²) in [5, 5.41) is 2.48. The van der Waals surface area contributed by atoms with Crippen molar-refractivity contribution >= 4 is 46.4 Å². The van der Waals surface area contributed by atoms with Crippen LogP contribution in [0.15, 0.2) is 42.3 Å². The molecule has 0 spiro atoms. The van der Waals surface area contributed by atoms with Crippen LogP contribution in [0, 0.1) is 0 Å². The van der Waals surface area contributed by atoms with Crippen molar-refractivity contribution < 1.29 is 13.6 Å². The number of carbonyl (C=O) groups is 1. The first kappa shape index (κ1) is 15.6. The summed E-state index contributed by atoms with van der Waals surface area (Å²) in [6.45, 7) is 6.73. The Labute approximate surface area is 130 Å². The van der Waals surface area contributed by atoms with Gasteiger partial charge in [-0.05, 0) is 23.3 Å². The molecule has 1 amide bonds. The fourth-order valence-electron chi connectivity index (χ4n) is 1.90. The van der Waals surface area contributed by atoms with E-state index in [9.17, 15) is 13.6 Å². The first-order chi connectivity index (χ1) is 9.89. The topological polar surface area (TPSA) is 29.1 Å². The van der Waals surface area contributed by atoms with Crippen LogP contribution < -0.4 is 5.32 Å². The van der Waals surface area contributed by atoms with E-state index in [1.54, 1.807) is 6.07 Å². The van der Waals surface area contributed by atoms with Crippen molar-refractivity contribution in [3.63, 3.8) is 0 Å². The van der Waals surface area contributed by atoms with Gasteiger partial charge in [-0.3, -0.25) is 4.79 Å². The average Bonchev–Trinajstić information content (AvgIpc) is 2.76. The molecule has 1 fully saturated rings. The third-order valence-electron chi connectivity index (χ3n) is 2.89. The molecular formula is C15H11F2NOS2. The van der Waals surface area contributed by atoms with E-state index in [0.29, 0.717) is 20.9 Å². The van der Waals surface area contributed by atoms with Crippen molar-refractivity contribution in [2.75, 3.05) is 0 Å². The number of benzene rings is 1. The molecule has 1 aliphatic rings. The zero-order valence-electron chi connectivity index (χ0n) is 10.9. The summed E-state index contributed by atoms with van der Waals surface area (Å²) in [5.41, 5.74) is 0.542. The van der Waals surface area contributed by atoms with Crippen LogP contribution >= 0.6 is 24.0 Å². The van der Waals surface area contributed by atoms with Crippen molar-refractivity contribution in [2.45, 2.75) is 5.92 Å². The highest BCUT2D eigenvalue weighted by Gasteiger charge is 2.30. The molecule has 1 aromatic rings. The molecule has 0 unspecified atom stereocenters. The second-order valence-electron chi connectivity index (χ2n) is 4.19. The standard InChI is InChI=1S/C15H11F2NOS2/c1-3-10-9(8-12-13(19)18-14(20)21-12)6-5-7-11(10)15(16,17)4-2/h3-8H,1-2H2,(H,18,19,20)/b12-8-. The predicted octanol–water partition coefficient (Wildman–Crippen LogP) is 4.10. The Kier molecular flexibility index (Phi) is 4.39. The first-order valence-corrected chi connectivity index (χ1v) is 7.13. The summed E-state index contributed by atoms with van der Waals surface area (Å²) in [5.74, 6) is -3.50. The van der Waals surface area contributed by atoms with Gasteiger partial charge in [0.05, 0.1) is 4.91 Å². The Morgan fingerprint density at radius 3 is 2.57 bits per heavy atom. The van der Waals surface area contributed by atoms with Crippen molar-refractivity contribution in [3.8, 4) is 0 Å². The average molecular weight is 323 g/mol. The van der Waals surface area contributed by atoms with Gasteiger partial charge in [0.2, 0.25) is 0 Å². The van der Waals surface area contributed by atoms with E-state index < -0.39 is 5.92 Å². The molecule has 0 aromatic heterocycles. The van der Waals surface area contributed by atoms with E-state index in [0.717, 1.165) is 11.8 Å². The van der Waals surface area contributed by atoms with Gasteiger partial charge in [0.15, 0.2) is 0 Å². The summed E-state index contributed by atoms with van der Waals surface area (Å²) >= 11 is 5.99. The van der Waals surface area contributed by atoms with Gasteiger partial charge in [-0.15, -0.1) is 0 Å². The van der Waals surface area contributed by atoms with E-state index in [1.165, 1.54) is 24.3 Å². The molecule has 0 radical (unpaired) electrons. The van der Waals surface area contributed by atoms with Gasteiger partial charge in [0.25, 0.3) is 11.8 Å². The van der Waals surface area contributed by atoms with Gasteiger partial charge in [-0.2, -0.15) is 8.78 Å². The Morgan fingerprint density at radius 1 is 1.33 bits per heavy atom. The summed E-state index contributed by atoms with van der Waals surface area (Å²) in [6, 6.07) is 4.46. The van der Waals surface area contributed by atoms with Crippen molar-refractivity contribution in [1.29, 1.82) is 0 Å². The maximum Gasteiger partial charge on any atom is 0.292 e. The van der Waals surface area contributed by atoms with E-state index in [-0.39, 0.29) is 17.0 Å². The summed E-state index contributed by atoms with van der Waals surface area (Å²) in [6.07, 6.45) is 3.45. The molecule has 0 bridgehead atoms. The molecule has 108 valence electrons. The second kappa shape index (κ2) is 5.91. The highest BCUT2D eigenvalue weighted by molar-refractivity contribution is 8.26. The number of hydrogen-bond acceptors (Lipinski definition) is 3. The number of halogens is 2. The largest absolute Gasteiger partial charge is 0.307 e. The predicted molar refractivity (Wildman–Crippen MR) is 86.9 cm³/mol. The van der Waals surface area contributed by atoms with Gasteiger partial charge in [-0.1, -0.05) is 61.4 Å². The molecule has 6 heteroatoms. The lowest BCUT2D eigenvalue weighted by atomic mass is 9.96. The van der Waals surface area contributed by atoms with E-state index in [2.05, 4.69) is 18.5 Å². The number of thioether (sulfide) groups is 1. The summed E-state index contributed by atoms with van der Waals surface area (Å²) < 4.78 is 28.1. The molecule has 1 aromatic carbocycles. The maximum atomic E-state index is 13.9. The molecule has 1 N–H and O–H groups in total. The van der Waals surface area contributed by atoms with Crippen LogP contribution in [0.3, 0.4) is 0 Å². The number of rotatable bonds is 4. The first-order valence-electron chi connectivity index (χ1n) is 5.91. The molecule has 0 saturated carbocycles. The molecule has 2 nitrogen and oxygen atoms in total. The van der Waals surface area contributed by atoms with E-state index >= 15 is 0 Å². The van der Waals surface area contributed by atoms with Gasteiger partial charge < -0.3 is 5.32 Å². The number of hydrogen-bond donors (Lipinski definition) is 1. The zero-order valence-corrected chi connectivity index (χ0v) is 12.5. The minimum Gasteiger partial charge on any atom is -0.307 e. The van der Waals surface area contributed by atoms with Gasteiger partial charge >= 0.3 is 0 Å². The Morgan fingerprint density at radius 2 is 2.05 bits per heavy atom. The van der Waals surface area contributed by atoms with E-state index in [1.807, 2.05) is 0 Å². The minimum atomic E-state index is -3.17. The third kappa shape index (κ3) is 3.11. The fourth-order valence-corrected chi connectivity index (χ4v) is 2.93. The lowest BCUT2D eigenvalue weighted by Crippen LogP contribution is -2.17. The Bertz CT molecular complexity index is 680. The van der Waals surface area contributed by atoms with Crippen LogP contribution in [0.1, 0.15) is 16.7 Å². The van der Waals surface area contributed by atoms with E-state index in [4.69, 9.17) is 12.2 Å². The minimum absolute atomic E-state index is 0.201. The summed E-state index contributed by atoms with van der Waals surface area (Å²) in [4.78, 5) is 12.0. The quantitative estimate of drug-likeness (QED) is 0.514. The van der Waals surface area contributed by atoms with Crippen LogP contribution in [0.25, 0.3) is 12.2 Å². The van der Waals surface area contributed by atoms with Crippen LogP contribution in [0.4, 0.5) is 8.78 Å². The maximum absolute atomic E-state index is 13.9. The molecule has 1 heterocycles. The molecule has 21 heavy (non-hydrogen) atoms. The number of alkyl halides is 2. The molecule has 2 rings (SSSR count). The van der Waals surface area contributed by atoms with Crippen molar-refractivity contribution in [2.24, 2.45) is 0 Å². The fraction of sp³-hybridized carbons (Fsp3) is 0.0667. The highest BCUT2D eigenvalue weighted by atomic mass is 32.2. The molecule has 0 atom stereocenters. The summed E-state index contributed by atoms with van der Waals surface area (Å²) in [7, 11) is 0. The lowest BCUT2D eigenvalue weighted by Gasteiger charge is -2.16. The molecular weight excluding hydrogens is 312 g/mol. The molecule has 1 aliphatic heterocycles. The van der Waals surface area contributed by atoms with Crippen LogP contribution in [-0.2, 0) is 10.7 Å². The Hall–Kier alpha value is -1.79. The molecule has 0 aliphatic carbocycles. The number of nitrogens with one attached hydrogen (secondary N) is 1. The van der Waals surface area contributed by atoms with Crippen LogP contribution in [0.2, 0.25) is 0 Å². The highest BCUT2D eigenvalue weighted by Crippen LogP contribution is 2.35. The second-order valence-corrected chi connectivity index (χ2v) is 5.91. The van der Waals surface area contributed by atoms with Gasteiger partial charge in [-0.25, -0.2) is 0 Å². The Balaban J connectivity index is 2.56. The van der Waals surface area contributed by atoms with Crippen molar-refractivity contribution in [3.05, 3.63) is 59.0 Å². The number of amides is 1. The smallest absolute Gasteiger partial charge is 0.292 e. The third-order valence-corrected chi connectivity index (χ3v) is 4.05. The van der Waals surface area contributed by atoms with Crippen LogP contribution in [0.5, 0.6) is 0 Å². The molecule has 1 saturated heterocycles. The number of thiocarbonyl (C=S) groups is 1. The number of carbonyl (C=O) groups excluding carboxylic acids is 1. The SMILES string of the molecule is C=Cc1c(/C=C2\SC(=S)NC2=O)cccc1C(F)(F)C=C. The normalized spacial score (nSPS) is 17.0. The van der Waals surface area contributed by atoms with Gasteiger partial charge in [0.1, 0.15) is 4.32 Å². The zero-order chi connectivity index (χ0) is 15.6. The lowest BCUT2D eigenvalue weighted by molar-refractivity contribution is -0.115. The number of allylic oxidation sites excluding steroid dienone is 1. The van der Waals surface area contributed by atoms with Crippen molar-refractivity contribution in [1.82, 2.24) is 5.32 Å². The van der Waals surface area contributed by atoms with Crippen LogP contribution in [-0.4, -0.2) is 10.2 Å².